The lowest BCUT2D eigenvalue weighted by Crippen LogP contribution is -2.43. The number of carbonyl (C=O) groups excluding carboxylic acids is 2. The van der Waals surface area contributed by atoms with E-state index in [4.69, 9.17) is 14.5 Å². The second kappa shape index (κ2) is 9.27. The molecule has 0 saturated carbocycles. The van der Waals surface area contributed by atoms with Crippen molar-refractivity contribution in [2.24, 2.45) is 4.99 Å². The van der Waals surface area contributed by atoms with E-state index in [1.54, 1.807) is 60.6 Å². The summed E-state index contributed by atoms with van der Waals surface area (Å²) < 4.78 is 28.4. The molecule has 34 heavy (non-hydrogen) atoms. The Bertz CT molecular complexity index is 1150. The van der Waals surface area contributed by atoms with E-state index in [1.165, 1.54) is 6.07 Å². The largest absolute Gasteiger partial charge is 0.460 e. The number of hydrogen-bond acceptors (Lipinski definition) is 6. The number of halogens is 2. The van der Waals surface area contributed by atoms with Crippen molar-refractivity contribution in [3.63, 3.8) is 0 Å². The lowest BCUT2D eigenvalue weighted by Gasteiger charge is -2.33. The number of nitrogens with zero attached hydrogens (tertiary/aromatic N) is 3. The number of aliphatic imine (C=N–C) groups is 1. The molecule has 1 amide bonds. The topological polar surface area (TPSA) is 94.8 Å². The molecule has 1 atom stereocenters. The summed E-state index contributed by atoms with van der Waals surface area (Å²) in [7, 11) is 0. The van der Waals surface area contributed by atoms with E-state index >= 15 is 4.39 Å². The highest BCUT2D eigenvalue weighted by Gasteiger charge is 2.37. The number of imidazole rings is 1. The maximum absolute atomic E-state index is 15.1. The van der Waals surface area contributed by atoms with Crippen LogP contribution in [0.1, 0.15) is 65.4 Å². The summed E-state index contributed by atoms with van der Waals surface area (Å²) in [4.78, 5) is 33.9. The van der Waals surface area contributed by atoms with Gasteiger partial charge in [-0.1, -0.05) is 6.07 Å². The van der Waals surface area contributed by atoms with E-state index < -0.39 is 34.6 Å². The molecule has 0 radical (unpaired) electrons. The Morgan fingerprint density at radius 3 is 2.44 bits per heavy atom. The van der Waals surface area contributed by atoms with Crippen molar-refractivity contribution in [2.45, 2.75) is 78.2 Å². The van der Waals surface area contributed by atoms with Crippen LogP contribution in [-0.4, -0.2) is 38.7 Å². The zero-order chi connectivity index (χ0) is 25.5. The van der Waals surface area contributed by atoms with Crippen LogP contribution in [0.25, 0.3) is 0 Å². The molecule has 10 heteroatoms. The second-order valence-corrected chi connectivity index (χ2v) is 11.6. The van der Waals surface area contributed by atoms with Gasteiger partial charge in [-0.15, -0.1) is 0 Å². The number of amidine groups is 1. The normalized spacial score (nSPS) is 18.1. The van der Waals surface area contributed by atoms with Gasteiger partial charge in [0, 0.05) is 11.8 Å². The van der Waals surface area contributed by atoms with E-state index in [2.05, 4.69) is 32.9 Å². The lowest BCUT2D eigenvalue weighted by molar-refractivity contribution is -0.153. The first-order valence-electron chi connectivity index (χ1n) is 10.9. The van der Waals surface area contributed by atoms with Gasteiger partial charge in [0.2, 0.25) is 0 Å². The standard InChI is InChI=1S/C24H30FIN4O4/c1-22(2,3)33-18(31)11-14-8-9-16(25)15(10-14)24(7)13-30-12-17(26)27-20(30)19(29-24)28-21(32)34-23(4,5)6/h8-10,12H,11,13H2,1-7H3,(H,28,29,32). The molecule has 0 aliphatic carbocycles. The molecule has 1 aromatic carbocycles. The molecule has 2 heterocycles. The fraction of sp³-hybridized carbons (Fsp3) is 0.500. The van der Waals surface area contributed by atoms with Crippen LogP contribution in [0.4, 0.5) is 9.18 Å². The average molecular weight is 584 g/mol. The van der Waals surface area contributed by atoms with Crippen molar-refractivity contribution in [3.05, 3.63) is 50.9 Å². The van der Waals surface area contributed by atoms with Crippen molar-refractivity contribution in [1.29, 1.82) is 0 Å². The van der Waals surface area contributed by atoms with Gasteiger partial charge < -0.3 is 14.0 Å². The Labute approximate surface area is 212 Å². The third kappa shape index (κ3) is 6.55. The smallest absolute Gasteiger partial charge is 0.413 e. The molecule has 3 rings (SSSR count). The second-order valence-electron chi connectivity index (χ2n) is 10.5. The SMILES string of the molecule is CC(C)(C)OC(=O)Cc1ccc(F)c(C2(C)Cn3cc(I)nc3C(NC(=O)OC(C)(C)C)=N2)c1. The number of amides is 1. The van der Waals surface area contributed by atoms with Gasteiger partial charge in [-0.25, -0.2) is 14.2 Å². The van der Waals surface area contributed by atoms with E-state index in [-0.39, 0.29) is 12.3 Å². The molecule has 0 saturated heterocycles. The summed E-state index contributed by atoms with van der Waals surface area (Å²) in [5, 5.41) is 2.67. The first-order valence-corrected chi connectivity index (χ1v) is 12.0. The summed E-state index contributed by atoms with van der Waals surface area (Å²) in [6.07, 6.45) is 1.13. The molecule has 0 spiro atoms. The lowest BCUT2D eigenvalue weighted by atomic mass is 9.89. The van der Waals surface area contributed by atoms with Gasteiger partial charge in [0.25, 0.3) is 0 Å². The number of carbonyl (C=O) groups is 2. The summed E-state index contributed by atoms with van der Waals surface area (Å²) in [6.45, 7) is 12.7. The fourth-order valence-electron chi connectivity index (χ4n) is 3.63. The van der Waals surface area contributed by atoms with Crippen LogP contribution in [-0.2, 0) is 32.8 Å². The van der Waals surface area contributed by atoms with Crippen LogP contribution in [0.3, 0.4) is 0 Å². The van der Waals surface area contributed by atoms with E-state index in [0.717, 1.165) is 0 Å². The molecule has 0 bridgehead atoms. The monoisotopic (exact) mass is 584 g/mol. The van der Waals surface area contributed by atoms with Crippen molar-refractivity contribution < 1.29 is 23.5 Å². The number of hydrogen-bond donors (Lipinski definition) is 1. The molecule has 0 fully saturated rings. The highest BCUT2D eigenvalue weighted by Crippen LogP contribution is 2.34. The van der Waals surface area contributed by atoms with Crippen LogP contribution in [0.15, 0.2) is 29.4 Å². The number of nitrogens with one attached hydrogen (secondary N) is 1. The van der Waals surface area contributed by atoms with Crippen LogP contribution >= 0.6 is 22.6 Å². The van der Waals surface area contributed by atoms with Crippen LogP contribution in [0.2, 0.25) is 0 Å². The van der Waals surface area contributed by atoms with E-state index in [0.29, 0.717) is 27.2 Å². The highest BCUT2D eigenvalue weighted by atomic mass is 127. The van der Waals surface area contributed by atoms with Crippen molar-refractivity contribution in [3.8, 4) is 0 Å². The molecular weight excluding hydrogens is 554 g/mol. The van der Waals surface area contributed by atoms with Crippen molar-refractivity contribution in [2.75, 3.05) is 0 Å². The molecule has 8 nitrogen and oxygen atoms in total. The third-order valence-electron chi connectivity index (χ3n) is 4.79. The summed E-state index contributed by atoms with van der Waals surface area (Å²) >= 11 is 2.07. The van der Waals surface area contributed by atoms with Crippen LogP contribution < -0.4 is 5.32 Å². The summed E-state index contributed by atoms with van der Waals surface area (Å²) in [5.74, 6) is -0.226. The van der Waals surface area contributed by atoms with Gasteiger partial charge in [-0.3, -0.25) is 15.1 Å². The van der Waals surface area contributed by atoms with Crippen LogP contribution in [0.5, 0.6) is 0 Å². The average Bonchev–Trinajstić information content (AvgIpc) is 3.00. The predicted molar refractivity (Wildman–Crippen MR) is 134 cm³/mol. The number of esters is 1. The molecule has 1 aliphatic rings. The zero-order valence-electron chi connectivity index (χ0n) is 20.5. The Balaban J connectivity index is 1.97. The van der Waals surface area contributed by atoms with Gasteiger partial charge >= 0.3 is 12.1 Å². The maximum Gasteiger partial charge on any atom is 0.413 e. The highest BCUT2D eigenvalue weighted by molar-refractivity contribution is 14.1. The number of ether oxygens (including phenoxy) is 2. The van der Waals surface area contributed by atoms with Gasteiger partial charge in [0.1, 0.15) is 26.3 Å². The minimum absolute atomic E-state index is 0.00157. The van der Waals surface area contributed by atoms with Crippen molar-refractivity contribution in [1.82, 2.24) is 14.9 Å². The number of fused-ring (bicyclic) bond motifs is 1. The van der Waals surface area contributed by atoms with Gasteiger partial charge in [-0.2, -0.15) is 0 Å². The number of rotatable bonds is 3. The Hall–Kier alpha value is -2.50. The van der Waals surface area contributed by atoms with Gasteiger partial charge in [-0.05, 0) is 88.8 Å². The Morgan fingerprint density at radius 2 is 1.82 bits per heavy atom. The first-order chi connectivity index (χ1) is 15.5. The molecule has 1 aliphatic heterocycles. The fourth-order valence-corrected chi connectivity index (χ4v) is 4.19. The Morgan fingerprint density at radius 1 is 1.18 bits per heavy atom. The first kappa shape index (κ1) is 26.1. The molecule has 1 aromatic heterocycles. The minimum Gasteiger partial charge on any atom is -0.460 e. The minimum atomic E-state index is -1.07. The van der Waals surface area contributed by atoms with E-state index in [9.17, 15) is 9.59 Å². The third-order valence-corrected chi connectivity index (χ3v) is 5.31. The summed E-state index contributed by atoms with van der Waals surface area (Å²) in [6, 6.07) is 4.51. The van der Waals surface area contributed by atoms with Crippen LogP contribution in [0, 0.1) is 9.52 Å². The molecule has 184 valence electrons. The Kier molecular flexibility index (Phi) is 7.12. The van der Waals surface area contributed by atoms with Crippen molar-refractivity contribution >= 4 is 40.5 Å². The molecule has 1 unspecified atom stereocenters. The number of aromatic nitrogens is 2. The van der Waals surface area contributed by atoms with Gasteiger partial charge in [0.05, 0.1) is 13.0 Å². The summed E-state index contributed by atoms with van der Waals surface area (Å²) in [5.41, 5.74) is -1.48. The number of alkyl carbamates (subject to hydrolysis) is 1. The molecule has 1 N–H and O–H groups in total. The molecular formula is C24H30FIN4O4. The predicted octanol–water partition coefficient (Wildman–Crippen LogP) is 4.71. The quantitative estimate of drug-likeness (QED) is 0.417. The maximum atomic E-state index is 15.1. The van der Waals surface area contributed by atoms with Gasteiger partial charge in [0.15, 0.2) is 11.7 Å². The van der Waals surface area contributed by atoms with E-state index in [1.807, 2.05) is 10.8 Å². The number of benzene rings is 1. The molecule has 2 aromatic rings. The zero-order valence-corrected chi connectivity index (χ0v) is 22.6.